The molecule has 1 aromatic heterocycles. The van der Waals surface area contributed by atoms with Crippen molar-refractivity contribution < 1.29 is 4.21 Å². The van der Waals surface area contributed by atoms with Crippen LogP contribution in [-0.2, 0) is 11.0 Å². The van der Waals surface area contributed by atoms with Gasteiger partial charge in [0.1, 0.15) is 0 Å². The third-order valence-electron chi connectivity index (χ3n) is 2.23. The van der Waals surface area contributed by atoms with Crippen LogP contribution in [0.4, 0.5) is 0 Å². The van der Waals surface area contributed by atoms with Crippen LogP contribution in [0.5, 0.6) is 0 Å². The molecule has 0 spiro atoms. The Bertz CT molecular complexity index is 488. The van der Waals surface area contributed by atoms with E-state index in [1.165, 1.54) is 0 Å². The molecule has 1 atom stereocenters. The molecule has 0 N–H and O–H groups in total. The number of rotatable bonds is 2. The SMILES string of the molecule is Cc1cc(C)n(S(=O)c2ccccc2)c1. The lowest BCUT2D eigenvalue weighted by molar-refractivity contribution is 0.676. The van der Waals surface area contributed by atoms with Crippen LogP contribution >= 0.6 is 0 Å². The van der Waals surface area contributed by atoms with Crippen LogP contribution < -0.4 is 0 Å². The average Bonchev–Trinajstić information content (AvgIpc) is 2.58. The zero-order chi connectivity index (χ0) is 10.8. The average molecular weight is 219 g/mol. The second-order valence-corrected chi connectivity index (χ2v) is 4.91. The molecule has 1 unspecified atom stereocenters. The predicted octanol–water partition coefficient (Wildman–Crippen LogP) is 2.68. The molecule has 0 amide bonds. The number of aromatic nitrogens is 1. The predicted molar refractivity (Wildman–Crippen MR) is 62.2 cm³/mol. The Kier molecular flexibility index (Phi) is 2.73. The van der Waals surface area contributed by atoms with Gasteiger partial charge in [-0.1, -0.05) is 18.2 Å². The molecule has 1 aromatic carbocycles. The molecule has 0 aliphatic rings. The highest BCUT2D eigenvalue weighted by Crippen LogP contribution is 2.13. The first kappa shape index (κ1) is 10.2. The Hall–Kier alpha value is -1.35. The summed E-state index contributed by atoms with van der Waals surface area (Å²) in [6.07, 6.45) is 1.92. The van der Waals surface area contributed by atoms with E-state index in [-0.39, 0.29) is 0 Å². The molecule has 3 heteroatoms. The first-order chi connectivity index (χ1) is 7.18. The Morgan fingerprint density at radius 3 is 2.33 bits per heavy atom. The van der Waals surface area contributed by atoms with Crippen molar-refractivity contribution in [2.75, 3.05) is 0 Å². The Morgan fingerprint density at radius 2 is 1.80 bits per heavy atom. The summed E-state index contributed by atoms with van der Waals surface area (Å²) in [5, 5.41) is 0. The second kappa shape index (κ2) is 4.03. The van der Waals surface area contributed by atoms with E-state index in [9.17, 15) is 4.21 Å². The van der Waals surface area contributed by atoms with E-state index >= 15 is 0 Å². The fraction of sp³-hybridized carbons (Fsp3) is 0.167. The smallest absolute Gasteiger partial charge is 0.156 e. The van der Waals surface area contributed by atoms with Crippen LogP contribution in [0.25, 0.3) is 0 Å². The van der Waals surface area contributed by atoms with Crippen LogP contribution in [0.1, 0.15) is 11.3 Å². The summed E-state index contributed by atoms with van der Waals surface area (Å²) in [5.74, 6) is 0. The number of hydrogen-bond donors (Lipinski definition) is 0. The van der Waals surface area contributed by atoms with Gasteiger partial charge in [0.15, 0.2) is 11.0 Å². The van der Waals surface area contributed by atoms with Crippen LogP contribution in [0.3, 0.4) is 0 Å². The van der Waals surface area contributed by atoms with Crippen molar-refractivity contribution in [3.05, 3.63) is 53.9 Å². The van der Waals surface area contributed by atoms with E-state index in [0.717, 1.165) is 16.2 Å². The van der Waals surface area contributed by atoms with Gasteiger partial charge in [0.25, 0.3) is 0 Å². The molecular formula is C12H13NOS. The Labute approximate surface area is 92.1 Å². The van der Waals surface area contributed by atoms with E-state index in [2.05, 4.69) is 0 Å². The van der Waals surface area contributed by atoms with Gasteiger partial charge in [-0.3, -0.25) is 3.97 Å². The van der Waals surface area contributed by atoms with Crippen LogP contribution in [-0.4, -0.2) is 8.18 Å². The normalized spacial score (nSPS) is 12.7. The summed E-state index contributed by atoms with van der Waals surface area (Å²) in [5.41, 5.74) is 2.16. The van der Waals surface area contributed by atoms with Crippen molar-refractivity contribution in [1.29, 1.82) is 0 Å². The maximum atomic E-state index is 12.2. The first-order valence-electron chi connectivity index (χ1n) is 4.81. The third-order valence-corrected chi connectivity index (χ3v) is 3.65. The molecule has 0 radical (unpaired) electrons. The lowest BCUT2D eigenvalue weighted by Gasteiger charge is -2.04. The van der Waals surface area contributed by atoms with E-state index in [4.69, 9.17) is 0 Å². The number of benzene rings is 1. The lowest BCUT2D eigenvalue weighted by atomic mass is 10.4. The van der Waals surface area contributed by atoms with E-state index in [0.29, 0.717) is 0 Å². The van der Waals surface area contributed by atoms with E-state index < -0.39 is 11.0 Å². The molecule has 0 aliphatic heterocycles. The molecule has 0 saturated carbocycles. The standard InChI is InChI=1S/C12H13NOS/c1-10-8-11(2)13(9-10)15(14)12-6-4-3-5-7-12/h3-9H,1-2H3. The van der Waals surface area contributed by atoms with Gasteiger partial charge in [-0.05, 0) is 37.6 Å². The van der Waals surface area contributed by atoms with E-state index in [1.54, 1.807) is 3.97 Å². The highest BCUT2D eigenvalue weighted by atomic mass is 32.2. The summed E-state index contributed by atoms with van der Waals surface area (Å²) in [7, 11) is -1.12. The van der Waals surface area contributed by atoms with Crippen molar-refractivity contribution in [1.82, 2.24) is 3.97 Å². The highest BCUT2D eigenvalue weighted by molar-refractivity contribution is 7.83. The van der Waals surface area contributed by atoms with Gasteiger partial charge in [-0.15, -0.1) is 0 Å². The molecule has 0 saturated heterocycles. The van der Waals surface area contributed by atoms with Crippen LogP contribution in [0, 0.1) is 13.8 Å². The van der Waals surface area contributed by atoms with Crippen molar-refractivity contribution in [3.8, 4) is 0 Å². The monoisotopic (exact) mass is 219 g/mol. The minimum absolute atomic E-state index is 0.830. The van der Waals surface area contributed by atoms with Gasteiger partial charge in [-0.25, -0.2) is 4.21 Å². The largest absolute Gasteiger partial charge is 0.267 e. The lowest BCUT2D eigenvalue weighted by Crippen LogP contribution is -2.04. The number of hydrogen-bond acceptors (Lipinski definition) is 1. The van der Waals surface area contributed by atoms with Crippen LogP contribution in [0.15, 0.2) is 47.5 Å². The summed E-state index contributed by atoms with van der Waals surface area (Å²) < 4.78 is 14.0. The third kappa shape index (κ3) is 2.02. The molecule has 2 rings (SSSR count). The van der Waals surface area contributed by atoms with Gasteiger partial charge in [0.05, 0.1) is 4.90 Å². The van der Waals surface area contributed by atoms with Crippen molar-refractivity contribution >= 4 is 11.0 Å². The van der Waals surface area contributed by atoms with Gasteiger partial charge >= 0.3 is 0 Å². The maximum Gasteiger partial charge on any atom is 0.156 e. The summed E-state index contributed by atoms with van der Waals surface area (Å²) in [4.78, 5) is 0.830. The second-order valence-electron chi connectivity index (χ2n) is 3.55. The topological polar surface area (TPSA) is 22.0 Å². The molecule has 1 heterocycles. The number of aryl methyl sites for hydroxylation is 2. The Balaban J connectivity index is 2.41. The molecule has 0 aliphatic carbocycles. The summed E-state index contributed by atoms with van der Waals surface area (Å²) in [6, 6.07) is 11.5. The van der Waals surface area contributed by atoms with Gasteiger partial charge in [0, 0.05) is 11.9 Å². The van der Waals surface area contributed by atoms with Gasteiger partial charge < -0.3 is 0 Å². The van der Waals surface area contributed by atoms with Crippen molar-refractivity contribution in [3.63, 3.8) is 0 Å². The molecule has 2 aromatic rings. The van der Waals surface area contributed by atoms with Crippen molar-refractivity contribution in [2.45, 2.75) is 18.7 Å². The summed E-state index contributed by atoms with van der Waals surface area (Å²) >= 11 is 0. The molecule has 2 nitrogen and oxygen atoms in total. The molecule has 0 bridgehead atoms. The van der Waals surface area contributed by atoms with Gasteiger partial charge in [-0.2, -0.15) is 0 Å². The quantitative estimate of drug-likeness (QED) is 0.761. The summed E-state index contributed by atoms with van der Waals surface area (Å²) in [6.45, 7) is 3.97. The minimum Gasteiger partial charge on any atom is -0.267 e. The zero-order valence-corrected chi connectivity index (χ0v) is 9.62. The zero-order valence-electron chi connectivity index (χ0n) is 8.81. The maximum absolute atomic E-state index is 12.2. The molecule has 0 fully saturated rings. The van der Waals surface area contributed by atoms with E-state index in [1.807, 2.05) is 56.4 Å². The van der Waals surface area contributed by atoms with Crippen LogP contribution in [0.2, 0.25) is 0 Å². The first-order valence-corrected chi connectivity index (χ1v) is 5.92. The molecule has 15 heavy (non-hydrogen) atoms. The minimum atomic E-state index is -1.12. The highest BCUT2D eigenvalue weighted by Gasteiger charge is 2.08. The number of nitrogens with zero attached hydrogens (tertiary/aromatic N) is 1. The fourth-order valence-electron chi connectivity index (χ4n) is 1.55. The van der Waals surface area contributed by atoms with Crippen molar-refractivity contribution in [2.24, 2.45) is 0 Å². The molecular weight excluding hydrogens is 206 g/mol. The fourth-order valence-corrected chi connectivity index (χ4v) is 2.74. The Morgan fingerprint density at radius 1 is 1.13 bits per heavy atom. The molecule has 78 valence electrons. The van der Waals surface area contributed by atoms with Gasteiger partial charge in [0.2, 0.25) is 0 Å².